The van der Waals surface area contributed by atoms with Crippen LogP contribution in [0.4, 0.5) is 5.69 Å². The fourth-order valence-electron chi connectivity index (χ4n) is 2.44. The molecule has 1 aliphatic rings. The highest BCUT2D eigenvalue weighted by Gasteiger charge is 2.21. The van der Waals surface area contributed by atoms with E-state index in [0.29, 0.717) is 12.0 Å². The van der Waals surface area contributed by atoms with E-state index in [1.807, 2.05) is 11.8 Å². The van der Waals surface area contributed by atoms with Gasteiger partial charge in [-0.2, -0.15) is 0 Å². The van der Waals surface area contributed by atoms with Crippen LogP contribution in [0.25, 0.3) is 0 Å². The molecule has 1 aromatic carbocycles. The number of para-hydroxylation sites is 1. The van der Waals surface area contributed by atoms with E-state index in [0.717, 1.165) is 10.9 Å². The lowest BCUT2D eigenvalue weighted by Gasteiger charge is -2.26. The topological polar surface area (TPSA) is 24.4 Å². The molecule has 0 fully saturated rings. The molecule has 0 radical (unpaired) electrons. The summed E-state index contributed by atoms with van der Waals surface area (Å²) in [6.07, 6.45) is 1.19. The number of anilines is 1. The monoisotopic (exact) mass is 290 g/mol. The summed E-state index contributed by atoms with van der Waals surface area (Å²) in [5.41, 5.74) is 2.67. The van der Waals surface area contributed by atoms with Gasteiger partial charge in [0, 0.05) is 11.4 Å². The Balaban J connectivity index is 2.22. The number of nitrogens with zero attached hydrogens (tertiary/aromatic N) is 1. The first-order chi connectivity index (χ1) is 9.38. The average Bonchev–Trinajstić information content (AvgIpc) is 2.38. The van der Waals surface area contributed by atoms with Crippen LogP contribution in [0.3, 0.4) is 0 Å². The zero-order valence-corrected chi connectivity index (χ0v) is 14.1. The summed E-state index contributed by atoms with van der Waals surface area (Å²) in [7, 11) is 0. The van der Waals surface area contributed by atoms with Crippen LogP contribution in [0.15, 0.2) is 29.3 Å². The largest absolute Gasteiger partial charge is 0.335 e. The highest BCUT2D eigenvalue weighted by atomic mass is 32.2. The van der Waals surface area contributed by atoms with Gasteiger partial charge in [-0.25, -0.2) is 0 Å². The molecule has 0 amide bonds. The molecule has 1 unspecified atom stereocenters. The molecule has 2 rings (SSSR count). The average molecular weight is 290 g/mol. The predicted octanol–water partition coefficient (Wildman–Crippen LogP) is 4.91. The first-order valence-corrected chi connectivity index (χ1v) is 8.43. The van der Waals surface area contributed by atoms with Crippen molar-refractivity contribution in [1.29, 1.82) is 0 Å². The van der Waals surface area contributed by atoms with Gasteiger partial charge >= 0.3 is 0 Å². The maximum absolute atomic E-state index is 4.87. The molecule has 110 valence electrons. The van der Waals surface area contributed by atoms with Crippen LogP contribution in [0.2, 0.25) is 0 Å². The molecule has 0 bridgehead atoms. The van der Waals surface area contributed by atoms with Crippen LogP contribution in [-0.4, -0.2) is 17.0 Å². The molecule has 1 aromatic rings. The Morgan fingerprint density at radius 1 is 1.25 bits per heavy atom. The quantitative estimate of drug-likeness (QED) is 0.836. The molecule has 1 atom stereocenters. The number of hydrogen-bond donors (Lipinski definition) is 1. The van der Waals surface area contributed by atoms with Crippen molar-refractivity contribution in [1.82, 2.24) is 0 Å². The smallest absolute Gasteiger partial charge is 0.161 e. The Kier molecular flexibility index (Phi) is 4.79. The lowest BCUT2D eigenvalue weighted by atomic mass is 9.86. The lowest BCUT2D eigenvalue weighted by molar-refractivity contribution is 0.485. The number of aliphatic imine (C=N–C) groups is 1. The Hall–Kier alpha value is -0.960. The number of benzene rings is 1. The minimum absolute atomic E-state index is 0.140. The maximum Gasteiger partial charge on any atom is 0.161 e. The van der Waals surface area contributed by atoms with Crippen LogP contribution < -0.4 is 5.32 Å². The second kappa shape index (κ2) is 6.21. The molecule has 0 saturated heterocycles. The van der Waals surface area contributed by atoms with Gasteiger partial charge in [0.2, 0.25) is 0 Å². The summed E-state index contributed by atoms with van der Waals surface area (Å²) in [6, 6.07) is 9.02. The molecule has 1 aliphatic heterocycles. The Labute approximate surface area is 127 Å². The van der Waals surface area contributed by atoms with Gasteiger partial charge in [0.25, 0.3) is 0 Å². The van der Waals surface area contributed by atoms with E-state index in [-0.39, 0.29) is 5.41 Å². The van der Waals surface area contributed by atoms with Crippen molar-refractivity contribution in [3.05, 3.63) is 29.8 Å². The minimum atomic E-state index is 0.140. The van der Waals surface area contributed by atoms with Gasteiger partial charge in [0.05, 0.1) is 6.04 Å². The number of thioether (sulfide) groups is 1. The second-order valence-electron chi connectivity index (χ2n) is 6.80. The molecule has 2 nitrogen and oxygen atoms in total. The van der Waals surface area contributed by atoms with Crippen molar-refractivity contribution in [2.45, 2.75) is 52.5 Å². The molecule has 1 heterocycles. The molecule has 0 aliphatic carbocycles. The molecule has 20 heavy (non-hydrogen) atoms. The van der Waals surface area contributed by atoms with Crippen LogP contribution in [0.1, 0.15) is 46.6 Å². The third-order valence-electron chi connectivity index (χ3n) is 3.68. The van der Waals surface area contributed by atoms with Gasteiger partial charge in [0.15, 0.2) is 5.17 Å². The molecule has 0 aromatic heterocycles. The fourth-order valence-corrected chi connectivity index (χ4v) is 3.39. The van der Waals surface area contributed by atoms with E-state index in [9.17, 15) is 0 Å². The normalized spacial score (nSPS) is 19.9. The van der Waals surface area contributed by atoms with Gasteiger partial charge in [-0.3, -0.25) is 4.99 Å². The Bertz CT molecular complexity index is 486. The molecule has 3 heteroatoms. The van der Waals surface area contributed by atoms with Crippen molar-refractivity contribution in [3.8, 4) is 0 Å². The van der Waals surface area contributed by atoms with Gasteiger partial charge < -0.3 is 5.32 Å². The van der Waals surface area contributed by atoms with Crippen molar-refractivity contribution >= 4 is 22.6 Å². The minimum Gasteiger partial charge on any atom is -0.335 e. The second-order valence-corrected chi connectivity index (χ2v) is 7.89. The fraction of sp³-hybridized carbons (Fsp3) is 0.588. The summed E-state index contributed by atoms with van der Waals surface area (Å²) < 4.78 is 0. The van der Waals surface area contributed by atoms with Crippen LogP contribution in [-0.2, 0) is 5.41 Å². The lowest BCUT2D eigenvalue weighted by Crippen LogP contribution is -2.25. The van der Waals surface area contributed by atoms with Crippen molar-refractivity contribution in [2.75, 3.05) is 11.1 Å². The highest BCUT2D eigenvalue weighted by Crippen LogP contribution is 2.31. The molecule has 0 saturated carbocycles. The van der Waals surface area contributed by atoms with E-state index in [1.54, 1.807) is 0 Å². The standard InChI is InChI=1S/C17H26N2S/c1-12(2)14-10-11-20-16(18-14)19-15-9-7-6-8-13(15)17(3,4)5/h6-9,12,14H,10-11H2,1-5H3,(H,18,19). The molecular weight excluding hydrogens is 264 g/mol. The first-order valence-electron chi connectivity index (χ1n) is 7.45. The zero-order valence-electron chi connectivity index (χ0n) is 13.2. The van der Waals surface area contributed by atoms with Gasteiger partial charge in [0.1, 0.15) is 0 Å². The van der Waals surface area contributed by atoms with Gasteiger partial charge in [-0.05, 0) is 29.4 Å². The third kappa shape index (κ3) is 3.78. The van der Waals surface area contributed by atoms with E-state index >= 15 is 0 Å². The van der Waals surface area contributed by atoms with Crippen molar-refractivity contribution < 1.29 is 0 Å². The van der Waals surface area contributed by atoms with Crippen LogP contribution >= 0.6 is 11.8 Å². The SMILES string of the molecule is CC(C)C1CCSC(Nc2ccccc2C(C)(C)C)=N1. The van der Waals surface area contributed by atoms with E-state index in [1.165, 1.54) is 17.7 Å². The summed E-state index contributed by atoms with van der Waals surface area (Å²) in [5, 5.41) is 4.63. The van der Waals surface area contributed by atoms with E-state index in [4.69, 9.17) is 4.99 Å². The van der Waals surface area contributed by atoms with E-state index in [2.05, 4.69) is 64.2 Å². The third-order valence-corrected chi connectivity index (χ3v) is 4.60. The molecule has 1 N–H and O–H groups in total. The summed E-state index contributed by atoms with van der Waals surface area (Å²) in [4.78, 5) is 4.87. The van der Waals surface area contributed by atoms with Gasteiger partial charge in [-0.15, -0.1) is 0 Å². The first kappa shape index (κ1) is 15.4. The van der Waals surface area contributed by atoms with Crippen LogP contribution in [0.5, 0.6) is 0 Å². The van der Waals surface area contributed by atoms with Crippen molar-refractivity contribution in [2.24, 2.45) is 10.9 Å². The predicted molar refractivity (Wildman–Crippen MR) is 91.9 cm³/mol. The number of nitrogens with one attached hydrogen (secondary N) is 1. The number of hydrogen-bond acceptors (Lipinski definition) is 3. The Morgan fingerprint density at radius 3 is 2.60 bits per heavy atom. The van der Waals surface area contributed by atoms with E-state index < -0.39 is 0 Å². The number of rotatable bonds is 2. The maximum atomic E-state index is 4.87. The highest BCUT2D eigenvalue weighted by molar-refractivity contribution is 8.14. The zero-order chi connectivity index (χ0) is 14.8. The summed E-state index contributed by atoms with van der Waals surface area (Å²) in [5.74, 6) is 1.78. The molecular formula is C17H26N2S. The van der Waals surface area contributed by atoms with Crippen molar-refractivity contribution in [3.63, 3.8) is 0 Å². The summed E-state index contributed by atoms with van der Waals surface area (Å²) in [6.45, 7) is 11.3. The van der Waals surface area contributed by atoms with Crippen LogP contribution in [0, 0.1) is 5.92 Å². The van der Waals surface area contributed by atoms with Gasteiger partial charge in [-0.1, -0.05) is 64.6 Å². The Morgan fingerprint density at radius 2 is 1.95 bits per heavy atom. The summed E-state index contributed by atoms with van der Waals surface area (Å²) >= 11 is 1.84. The molecule has 0 spiro atoms. The number of amidine groups is 1.